The molecule has 1 saturated carbocycles. The zero-order valence-electron chi connectivity index (χ0n) is 16.0. The third-order valence-corrected chi connectivity index (χ3v) is 5.90. The maximum absolute atomic E-state index is 14.7. The smallest absolute Gasteiger partial charge is 0.254 e. The van der Waals surface area contributed by atoms with Gasteiger partial charge in [0.25, 0.3) is 5.92 Å². The lowest BCUT2D eigenvalue weighted by Gasteiger charge is -2.33. The minimum absolute atomic E-state index is 0.188. The molecular weight excluding hydrogens is 349 g/mol. The normalized spacial score (nSPS) is 20.5. The lowest BCUT2D eigenvalue weighted by molar-refractivity contribution is -0.0744. The second-order valence-corrected chi connectivity index (χ2v) is 7.61. The summed E-state index contributed by atoms with van der Waals surface area (Å²) in [6.45, 7) is 2.14. The van der Waals surface area contributed by atoms with Crippen LogP contribution in [0.4, 0.5) is 13.2 Å². The number of hydrogen-bond acceptors (Lipinski definition) is 1. The van der Waals surface area contributed by atoms with Gasteiger partial charge in [0.1, 0.15) is 0 Å². The molecule has 4 heteroatoms. The SMILES string of the molecule is CCC1CCC(C(F)(F)Cc2ccc(-c3ccc(OC)c(F)c3)cc2)CC1. The molecule has 0 aliphatic heterocycles. The molecule has 0 aromatic heterocycles. The molecule has 0 atom stereocenters. The van der Waals surface area contributed by atoms with Gasteiger partial charge in [0.15, 0.2) is 11.6 Å². The van der Waals surface area contributed by atoms with E-state index < -0.39 is 17.7 Å². The standard InChI is InChI=1S/C23H27F3O/c1-3-16-6-11-20(12-7-16)23(25,26)15-17-4-8-18(9-5-17)19-10-13-22(27-2)21(24)14-19/h4-5,8-10,13-14,16,20H,3,6-7,11-12,15H2,1-2H3. The van der Waals surface area contributed by atoms with E-state index >= 15 is 0 Å². The van der Waals surface area contributed by atoms with Gasteiger partial charge in [-0.15, -0.1) is 0 Å². The predicted octanol–water partition coefficient (Wildman–Crippen LogP) is 6.90. The Morgan fingerprint density at radius 1 is 0.963 bits per heavy atom. The van der Waals surface area contributed by atoms with Crippen LogP contribution in [0.25, 0.3) is 11.1 Å². The third-order valence-electron chi connectivity index (χ3n) is 5.90. The Bertz CT molecular complexity index is 747. The average molecular weight is 376 g/mol. The first kappa shape index (κ1) is 19.8. The van der Waals surface area contributed by atoms with Crippen LogP contribution in [0.15, 0.2) is 42.5 Å². The fourth-order valence-electron chi connectivity index (χ4n) is 4.07. The summed E-state index contributed by atoms with van der Waals surface area (Å²) in [5.41, 5.74) is 2.12. The van der Waals surface area contributed by atoms with Crippen LogP contribution in [0.1, 0.15) is 44.6 Å². The summed E-state index contributed by atoms with van der Waals surface area (Å²) in [5.74, 6) is -2.83. The largest absolute Gasteiger partial charge is 0.494 e. The van der Waals surface area contributed by atoms with E-state index in [1.165, 1.54) is 13.2 Å². The van der Waals surface area contributed by atoms with Gasteiger partial charge in [-0.2, -0.15) is 0 Å². The van der Waals surface area contributed by atoms with Crippen molar-refractivity contribution < 1.29 is 17.9 Å². The van der Waals surface area contributed by atoms with Crippen molar-refractivity contribution in [3.05, 3.63) is 53.8 Å². The topological polar surface area (TPSA) is 9.23 Å². The van der Waals surface area contributed by atoms with E-state index in [0.29, 0.717) is 29.9 Å². The van der Waals surface area contributed by atoms with Crippen molar-refractivity contribution in [2.24, 2.45) is 11.8 Å². The van der Waals surface area contributed by atoms with E-state index in [9.17, 15) is 13.2 Å². The molecule has 3 rings (SSSR count). The molecule has 1 aliphatic carbocycles. The van der Waals surface area contributed by atoms with Crippen LogP contribution >= 0.6 is 0 Å². The summed E-state index contributed by atoms with van der Waals surface area (Å²) in [6, 6.07) is 11.7. The van der Waals surface area contributed by atoms with E-state index in [2.05, 4.69) is 6.92 Å². The van der Waals surface area contributed by atoms with Crippen molar-refractivity contribution in [1.82, 2.24) is 0 Å². The van der Waals surface area contributed by atoms with Crippen LogP contribution in [-0.4, -0.2) is 13.0 Å². The summed E-state index contributed by atoms with van der Waals surface area (Å²) in [6.07, 6.45) is 3.93. The van der Waals surface area contributed by atoms with Crippen molar-refractivity contribution >= 4 is 0 Å². The highest BCUT2D eigenvalue weighted by Crippen LogP contribution is 2.41. The molecule has 0 radical (unpaired) electrons. The molecular formula is C23H27F3O. The van der Waals surface area contributed by atoms with Gasteiger partial charge in [-0.25, -0.2) is 13.2 Å². The van der Waals surface area contributed by atoms with Crippen LogP contribution in [-0.2, 0) is 6.42 Å². The molecule has 1 nitrogen and oxygen atoms in total. The first-order valence-electron chi connectivity index (χ1n) is 9.73. The molecule has 146 valence electrons. The highest BCUT2D eigenvalue weighted by atomic mass is 19.3. The fraction of sp³-hybridized carbons (Fsp3) is 0.478. The minimum Gasteiger partial charge on any atom is -0.494 e. The van der Waals surface area contributed by atoms with Crippen LogP contribution in [0.2, 0.25) is 0 Å². The molecule has 27 heavy (non-hydrogen) atoms. The Balaban J connectivity index is 1.67. The quantitative estimate of drug-likeness (QED) is 0.533. The lowest BCUT2D eigenvalue weighted by atomic mass is 9.77. The van der Waals surface area contributed by atoms with Gasteiger partial charge in [-0.05, 0) is 60.4 Å². The fourth-order valence-corrected chi connectivity index (χ4v) is 4.07. The van der Waals surface area contributed by atoms with Gasteiger partial charge in [0, 0.05) is 12.3 Å². The number of hydrogen-bond donors (Lipinski definition) is 0. The van der Waals surface area contributed by atoms with Crippen molar-refractivity contribution in [1.29, 1.82) is 0 Å². The highest BCUT2D eigenvalue weighted by Gasteiger charge is 2.41. The average Bonchev–Trinajstić information content (AvgIpc) is 2.68. The molecule has 0 unspecified atom stereocenters. The Kier molecular flexibility index (Phi) is 6.13. The summed E-state index contributed by atoms with van der Waals surface area (Å²) in [4.78, 5) is 0. The Morgan fingerprint density at radius 2 is 1.59 bits per heavy atom. The monoisotopic (exact) mass is 376 g/mol. The molecule has 2 aromatic carbocycles. The van der Waals surface area contributed by atoms with E-state index in [1.807, 2.05) is 0 Å². The second kappa shape index (κ2) is 8.37. The number of rotatable bonds is 6. The van der Waals surface area contributed by atoms with Gasteiger partial charge in [0.05, 0.1) is 7.11 Å². The van der Waals surface area contributed by atoms with E-state index in [-0.39, 0.29) is 12.2 Å². The Morgan fingerprint density at radius 3 is 2.15 bits per heavy atom. The molecule has 0 N–H and O–H groups in total. The summed E-state index contributed by atoms with van der Waals surface area (Å²) in [5, 5.41) is 0. The summed E-state index contributed by atoms with van der Waals surface area (Å²) >= 11 is 0. The van der Waals surface area contributed by atoms with Gasteiger partial charge in [0.2, 0.25) is 0 Å². The highest BCUT2D eigenvalue weighted by molar-refractivity contribution is 5.64. The van der Waals surface area contributed by atoms with Crippen LogP contribution < -0.4 is 4.74 Å². The van der Waals surface area contributed by atoms with Crippen molar-refractivity contribution in [2.45, 2.75) is 51.4 Å². The first-order valence-corrected chi connectivity index (χ1v) is 9.73. The zero-order valence-corrected chi connectivity index (χ0v) is 16.0. The number of ether oxygens (including phenoxy) is 1. The summed E-state index contributed by atoms with van der Waals surface area (Å²) < 4.78 is 48.2. The van der Waals surface area contributed by atoms with Gasteiger partial charge < -0.3 is 4.74 Å². The Hall–Kier alpha value is -1.97. The van der Waals surface area contributed by atoms with E-state index in [4.69, 9.17) is 4.74 Å². The molecule has 1 aliphatic rings. The molecule has 2 aromatic rings. The predicted molar refractivity (Wildman–Crippen MR) is 103 cm³/mol. The molecule has 0 spiro atoms. The number of benzene rings is 2. The molecule has 0 amide bonds. The zero-order chi connectivity index (χ0) is 19.4. The number of methoxy groups -OCH3 is 1. The van der Waals surface area contributed by atoms with Crippen LogP contribution in [0, 0.1) is 17.7 Å². The lowest BCUT2D eigenvalue weighted by Crippen LogP contribution is -2.33. The Labute approximate surface area is 159 Å². The number of halogens is 3. The van der Waals surface area contributed by atoms with Gasteiger partial charge in [-0.3, -0.25) is 0 Å². The van der Waals surface area contributed by atoms with Crippen LogP contribution in [0.5, 0.6) is 5.75 Å². The van der Waals surface area contributed by atoms with Gasteiger partial charge in [-0.1, -0.05) is 43.7 Å². The van der Waals surface area contributed by atoms with Crippen molar-refractivity contribution in [3.8, 4) is 16.9 Å². The first-order chi connectivity index (χ1) is 12.9. The molecule has 0 heterocycles. The van der Waals surface area contributed by atoms with Crippen molar-refractivity contribution in [3.63, 3.8) is 0 Å². The van der Waals surface area contributed by atoms with E-state index in [1.54, 1.807) is 36.4 Å². The minimum atomic E-state index is -2.67. The van der Waals surface area contributed by atoms with Crippen LogP contribution in [0.3, 0.4) is 0 Å². The molecule has 0 bridgehead atoms. The molecule has 1 fully saturated rings. The van der Waals surface area contributed by atoms with E-state index in [0.717, 1.165) is 24.8 Å². The van der Waals surface area contributed by atoms with Gasteiger partial charge >= 0.3 is 0 Å². The maximum Gasteiger partial charge on any atom is 0.254 e. The number of alkyl halides is 2. The van der Waals surface area contributed by atoms with Crippen molar-refractivity contribution in [2.75, 3.05) is 7.11 Å². The molecule has 0 saturated heterocycles. The summed E-state index contributed by atoms with van der Waals surface area (Å²) in [7, 11) is 1.42. The third kappa shape index (κ3) is 4.66. The second-order valence-electron chi connectivity index (χ2n) is 7.61. The maximum atomic E-state index is 14.7.